The molecule has 0 radical (unpaired) electrons. The summed E-state index contributed by atoms with van der Waals surface area (Å²) in [5, 5.41) is 8.52. The van der Waals surface area contributed by atoms with Gasteiger partial charge in [0.25, 0.3) is 0 Å². The number of nitriles is 1. The van der Waals surface area contributed by atoms with Crippen molar-refractivity contribution < 1.29 is 0 Å². The average Bonchev–Trinajstić information content (AvgIpc) is 2.40. The molecule has 0 saturated carbocycles. The fourth-order valence-corrected chi connectivity index (χ4v) is 1.65. The van der Waals surface area contributed by atoms with Crippen molar-refractivity contribution in [1.82, 2.24) is 9.13 Å². The van der Waals surface area contributed by atoms with E-state index in [0.29, 0.717) is 6.54 Å². The summed E-state index contributed by atoms with van der Waals surface area (Å²) < 4.78 is 2.44. The van der Waals surface area contributed by atoms with E-state index in [1.165, 1.54) is 17.0 Å². The van der Waals surface area contributed by atoms with E-state index in [1.807, 2.05) is 36.4 Å². The van der Waals surface area contributed by atoms with Gasteiger partial charge in [-0.2, -0.15) is 5.26 Å². The van der Waals surface area contributed by atoms with Crippen molar-refractivity contribution in [3.8, 4) is 6.07 Å². The molecule has 1 aromatic heterocycles. The highest BCUT2D eigenvalue weighted by atomic mass is 16.2. The van der Waals surface area contributed by atoms with E-state index in [9.17, 15) is 9.59 Å². The fraction of sp³-hybridized carbons (Fsp3) is 0.154. The Morgan fingerprint density at radius 1 is 1.00 bits per heavy atom. The third kappa shape index (κ3) is 2.38. The van der Waals surface area contributed by atoms with Crippen LogP contribution in [0.15, 0.2) is 52.3 Å². The Bertz CT molecular complexity index is 693. The number of hydrogen-bond acceptors (Lipinski definition) is 3. The maximum atomic E-state index is 11.8. The number of hydrogen-bond donors (Lipinski definition) is 0. The Morgan fingerprint density at radius 2 is 1.61 bits per heavy atom. The summed E-state index contributed by atoms with van der Waals surface area (Å²) in [6.45, 7) is 0.239. The maximum absolute atomic E-state index is 11.8. The zero-order valence-electron chi connectivity index (χ0n) is 9.61. The van der Waals surface area contributed by atoms with Crippen LogP contribution in [0.2, 0.25) is 0 Å². The Balaban J connectivity index is 2.37. The predicted molar refractivity (Wildman–Crippen MR) is 66.1 cm³/mol. The zero-order chi connectivity index (χ0) is 13.0. The Morgan fingerprint density at radius 3 is 2.28 bits per heavy atom. The topological polar surface area (TPSA) is 67.8 Å². The molecule has 2 aromatic rings. The summed E-state index contributed by atoms with van der Waals surface area (Å²) in [6.07, 6.45) is 2.98. The summed E-state index contributed by atoms with van der Waals surface area (Å²) in [5.74, 6) is 0. The standard InChI is InChI=1S/C13H11N3O2/c14-6-7-15-8-9-16(13(18)12(15)17)10-11-4-2-1-3-5-11/h1-5,8-9H,7,10H2. The summed E-state index contributed by atoms with van der Waals surface area (Å²) in [6, 6.07) is 11.2. The van der Waals surface area contributed by atoms with Crippen LogP contribution in [0.1, 0.15) is 5.56 Å². The second kappa shape index (κ2) is 5.15. The molecule has 5 heteroatoms. The lowest BCUT2D eigenvalue weighted by Crippen LogP contribution is -2.40. The fourth-order valence-electron chi connectivity index (χ4n) is 1.65. The van der Waals surface area contributed by atoms with Crippen molar-refractivity contribution in [2.45, 2.75) is 13.1 Å². The highest BCUT2D eigenvalue weighted by Gasteiger charge is 2.04. The molecule has 0 aliphatic rings. The highest BCUT2D eigenvalue weighted by molar-refractivity contribution is 5.15. The number of rotatable bonds is 3. The summed E-state index contributed by atoms with van der Waals surface area (Å²) in [5.41, 5.74) is -0.344. The molecule has 2 rings (SSSR count). The molecule has 0 amide bonds. The number of benzene rings is 1. The lowest BCUT2D eigenvalue weighted by molar-refractivity contribution is 0.676. The third-order valence-electron chi connectivity index (χ3n) is 2.57. The van der Waals surface area contributed by atoms with Crippen LogP contribution in [0.5, 0.6) is 0 Å². The normalized spacial score (nSPS) is 9.94. The van der Waals surface area contributed by atoms with E-state index < -0.39 is 11.1 Å². The van der Waals surface area contributed by atoms with Crippen LogP contribution < -0.4 is 11.1 Å². The Kier molecular flexibility index (Phi) is 3.39. The predicted octanol–water partition coefficient (Wildman–Crippen LogP) is 0.582. The van der Waals surface area contributed by atoms with Gasteiger partial charge in [0.05, 0.1) is 12.6 Å². The van der Waals surface area contributed by atoms with Crippen LogP contribution in [0, 0.1) is 11.3 Å². The quantitative estimate of drug-likeness (QED) is 0.738. The Hall–Kier alpha value is -2.61. The average molecular weight is 241 g/mol. The van der Waals surface area contributed by atoms with Crippen molar-refractivity contribution in [1.29, 1.82) is 5.26 Å². The van der Waals surface area contributed by atoms with Crippen LogP contribution in [0.25, 0.3) is 0 Å². The number of aromatic nitrogens is 2. The maximum Gasteiger partial charge on any atom is 0.317 e. The second-order valence-electron chi connectivity index (χ2n) is 3.81. The van der Waals surface area contributed by atoms with Gasteiger partial charge in [0.2, 0.25) is 0 Å². The van der Waals surface area contributed by atoms with Gasteiger partial charge in [0, 0.05) is 12.4 Å². The minimum atomic E-state index is -0.671. The first-order valence-electron chi connectivity index (χ1n) is 5.43. The van der Waals surface area contributed by atoms with Gasteiger partial charge >= 0.3 is 11.1 Å². The highest BCUT2D eigenvalue weighted by Crippen LogP contribution is 1.99. The number of nitrogens with zero attached hydrogens (tertiary/aromatic N) is 3. The van der Waals surface area contributed by atoms with Gasteiger partial charge in [-0.3, -0.25) is 14.2 Å². The smallest absolute Gasteiger partial charge is 0.305 e. The van der Waals surface area contributed by atoms with Crippen molar-refractivity contribution in [2.24, 2.45) is 0 Å². The molecule has 1 heterocycles. The van der Waals surface area contributed by atoms with Crippen molar-refractivity contribution in [3.05, 3.63) is 69.0 Å². The van der Waals surface area contributed by atoms with Gasteiger partial charge in [-0.1, -0.05) is 30.3 Å². The van der Waals surface area contributed by atoms with E-state index in [1.54, 1.807) is 0 Å². The second-order valence-corrected chi connectivity index (χ2v) is 3.81. The van der Waals surface area contributed by atoms with E-state index in [2.05, 4.69) is 0 Å². The Labute approximate surface area is 103 Å². The molecule has 0 atom stereocenters. The van der Waals surface area contributed by atoms with Crippen LogP contribution in [-0.2, 0) is 13.1 Å². The minimum absolute atomic E-state index is 0.111. The molecule has 0 unspecified atom stereocenters. The molecule has 5 nitrogen and oxygen atoms in total. The largest absolute Gasteiger partial charge is 0.317 e. The van der Waals surface area contributed by atoms with Gasteiger partial charge in [0.1, 0.15) is 6.54 Å². The molecule has 0 aliphatic heterocycles. The van der Waals surface area contributed by atoms with Crippen molar-refractivity contribution >= 4 is 0 Å². The van der Waals surface area contributed by atoms with E-state index in [4.69, 9.17) is 5.26 Å². The molecule has 0 N–H and O–H groups in total. The van der Waals surface area contributed by atoms with Gasteiger partial charge in [0.15, 0.2) is 0 Å². The van der Waals surface area contributed by atoms with Gasteiger partial charge in [-0.15, -0.1) is 0 Å². The van der Waals surface area contributed by atoms with Gasteiger partial charge in [-0.25, -0.2) is 0 Å². The molecule has 0 aliphatic carbocycles. The lowest BCUT2D eigenvalue weighted by Gasteiger charge is -2.06. The molecule has 0 saturated heterocycles. The third-order valence-corrected chi connectivity index (χ3v) is 2.57. The van der Waals surface area contributed by atoms with Crippen LogP contribution >= 0.6 is 0 Å². The lowest BCUT2D eigenvalue weighted by atomic mass is 10.2. The molecule has 18 heavy (non-hydrogen) atoms. The molecule has 0 fully saturated rings. The molecular weight excluding hydrogens is 230 g/mol. The molecular formula is C13H11N3O2. The summed E-state index contributed by atoms with van der Waals surface area (Å²) in [4.78, 5) is 23.4. The van der Waals surface area contributed by atoms with Crippen LogP contribution in [0.3, 0.4) is 0 Å². The first-order chi connectivity index (χ1) is 8.72. The van der Waals surface area contributed by atoms with Gasteiger partial charge in [-0.05, 0) is 5.56 Å². The van der Waals surface area contributed by atoms with Crippen molar-refractivity contribution in [3.63, 3.8) is 0 Å². The summed E-state index contributed by atoms with van der Waals surface area (Å²) >= 11 is 0. The van der Waals surface area contributed by atoms with Gasteiger partial charge < -0.3 is 4.57 Å². The minimum Gasteiger partial charge on any atom is -0.305 e. The molecule has 0 bridgehead atoms. The molecule has 1 aromatic carbocycles. The first kappa shape index (κ1) is 11.9. The molecule has 0 spiro atoms. The van der Waals surface area contributed by atoms with Crippen LogP contribution in [-0.4, -0.2) is 9.13 Å². The SMILES string of the molecule is N#CCn1ccn(Cc2ccccc2)c(=O)c1=O. The first-order valence-corrected chi connectivity index (χ1v) is 5.43. The van der Waals surface area contributed by atoms with Crippen LogP contribution in [0.4, 0.5) is 0 Å². The molecule has 90 valence electrons. The zero-order valence-corrected chi connectivity index (χ0v) is 9.61. The summed E-state index contributed by atoms with van der Waals surface area (Å²) in [7, 11) is 0. The monoisotopic (exact) mass is 241 g/mol. The van der Waals surface area contributed by atoms with E-state index in [0.717, 1.165) is 10.1 Å². The van der Waals surface area contributed by atoms with E-state index >= 15 is 0 Å². The van der Waals surface area contributed by atoms with E-state index in [-0.39, 0.29) is 6.54 Å². The van der Waals surface area contributed by atoms with Crippen molar-refractivity contribution in [2.75, 3.05) is 0 Å².